The molecule has 22 heavy (non-hydrogen) atoms. The zero-order valence-corrected chi connectivity index (χ0v) is 13.5. The van der Waals surface area contributed by atoms with E-state index < -0.39 is 0 Å². The molecule has 2 N–H and O–H groups in total. The van der Waals surface area contributed by atoms with Gasteiger partial charge in [-0.25, -0.2) is 0 Å². The number of carbonyl (C=O) groups excluding carboxylic acids is 1. The molecule has 1 atom stereocenters. The molecule has 0 aliphatic rings. The number of hydrogen-bond acceptors (Lipinski definition) is 5. The van der Waals surface area contributed by atoms with Crippen LogP contribution in [0.2, 0.25) is 0 Å². The fourth-order valence-corrected chi connectivity index (χ4v) is 1.84. The maximum atomic E-state index is 11.8. The van der Waals surface area contributed by atoms with E-state index >= 15 is 0 Å². The van der Waals surface area contributed by atoms with E-state index in [0.717, 1.165) is 5.56 Å². The molecule has 1 heterocycles. The summed E-state index contributed by atoms with van der Waals surface area (Å²) in [5.74, 6) is 1.00. The Bertz CT molecular complexity index is 574. The Morgan fingerprint density at radius 2 is 2.05 bits per heavy atom. The van der Waals surface area contributed by atoms with Gasteiger partial charge >= 0.3 is 0 Å². The Morgan fingerprint density at radius 3 is 2.73 bits per heavy atom. The maximum Gasteiger partial charge on any atom is 0.246 e. The van der Waals surface area contributed by atoms with Gasteiger partial charge in [0.1, 0.15) is 0 Å². The van der Waals surface area contributed by atoms with Gasteiger partial charge in [0.05, 0.1) is 13.0 Å². The SMILES string of the molecule is CNC(C)Cc1noc(CNC(=O)Cc2ccccc2)n1.Cl. The molecule has 6 nitrogen and oxygen atoms in total. The molecule has 0 saturated heterocycles. The molecular weight excluding hydrogens is 304 g/mol. The minimum atomic E-state index is -0.0652. The first-order valence-corrected chi connectivity index (χ1v) is 6.96. The largest absolute Gasteiger partial charge is 0.347 e. The van der Waals surface area contributed by atoms with E-state index in [1.54, 1.807) is 0 Å². The van der Waals surface area contributed by atoms with Crippen molar-refractivity contribution in [2.24, 2.45) is 0 Å². The van der Waals surface area contributed by atoms with Crippen LogP contribution in [0.1, 0.15) is 24.2 Å². The van der Waals surface area contributed by atoms with Gasteiger partial charge in [0.25, 0.3) is 0 Å². The Morgan fingerprint density at radius 1 is 1.32 bits per heavy atom. The Hall–Kier alpha value is -1.92. The number of nitrogens with one attached hydrogen (secondary N) is 2. The molecule has 7 heteroatoms. The molecule has 1 aromatic heterocycles. The van der Waals surface area contributed by atoms with Gasteiger partial charge in [-0.1, -0.05) is 35.5 Å². The number of amides is 1. The van der Waals surface area contributed by atoms with Crippen molar-refractivity contribution in [1.82, 2.24) is 20.8 Å². The topological polar surface area (TPSA) is 80.0 Å². The molecule has 2 aromatic rings. The highest BCUT2D eigenvalue weighted by Gasteiger charge is 2.10. The molecule has 0 radical (unpaired) electrons. The average molecular weight is 325 g/mol. The molecule has 0 saturated carbocycles. The summed E-state index contributed by atoms with van der Waals surface area (Å²) in [5, 5.41) is 9.77. The van der Waals surface area contributed by atoms with E-state index in [1.807, 2.05) is 44.3 Å². The van der Waals surface area contributed by atoms with Gasteiger partial charge in [-0.3, -0.25) is 4.79 Å². The van der Waals surface area contributed by atoms with Gasteiger partial charge in [-0.2, -0.15) is 4.98 Å². The Labute approximate surface area is 136 Å². The predicted molar refractivity (Wildman–Crippen MR) is 85.8 cm³/mol. The van der Waals surface area contributed by atoms with Crippen LogP contribution in [0, 0.1) is 0 Å². The van der Waals surface area contributed by atoms with E-state index in [1.165, 1.54) is 0 Å². The summed E-state index contributed by atoms with van der Waals surface area (Å²) < 4.78 is 5.11. The van der Waals surface area contributed by atoms with Gasteiger partial charge in [-0.15, -0.1) is 12.4 Å². The Kier molecular flexibility index (Phi) is 7.56. The maximum absolute atomic E-state index is 11.8. The van der Waals surface area contributed by atoms with E-state index in [9.17, 15) is 4.79 Å². The fraction of sp³-hybridized carbons (Fsp3) is 0.400. The van der Waals surface area contributed by atoms with Crippen LogP contribution in [-0.2, 0) is 24.2 Å². The number of likely N-dealkylation sites (N-methyl/N-ethyl adjacent to an activating group) is 1. The number of nitrogens with zero attached hydrogens (tertiary/aromatic N) is 2. The molecule has 120 valence electrons. The average Bonchev–Trinajstić information content (AvgIpc) is 2.93. The van der Waals surface area contributed by atoms with Gasteiger partial charge in [0.2, 0.25) is 11.8 Å². The second-order valence-electron chi connectivity index (χ2n) is 4.94. The normalized spacial score (nSPS) is 11.5. The minimum absolute atomic E-state index is 0. The van der Waals surface area contributed by atoms with Crippen molar-refractivity contribution in [3.8, 4) is 0 Å². The molecule has 0 spiro atoms. The standard InChI is InChI=1S/C15H20N4O2.ClH/c1-11(16-2)8-13-18-15(21-19-13)10-17-14(20)9-12-6-4-3-5-7-12;/h3-7,11,16H,8-10H2,1-2H3,(H,17,20);1H. The second-order valence-corrected chi connectivity index (χ2v) is 4.94. The van der Waals surface area contributed by atoms with Crippen LogP contribution < -0.4 is 10.6 Å². The molecular formula is C15H21ClN4O2. The molecule has 1 amide bonds. The zero-order valence-electron chi connectivity index (χ0n) is 12.7. The van der Waals surface area contributed by atoms with Crippen molar-refractivity contribution in [2.45, 2.75) is 32.4 Å². The summed E-state index contributed by atoms with van der Waals surface area (Å²) in [6.45, 7) is 2.30. The van der Waals surface area contributed by atoms with Crippen molar-refractivity contribution in [2.75, 3.05) is 7.05 Å². The molecule has 0 fully saturated rings. The number of hydrogen-bond donors (Lipinski definition) is 2. The van der Waals surface area contributed by atoms with Crippen LogP contribution in [0.3, 0.4) is 0 Å². The summed E-state index contributed by atoms with van der Waals surface area (Å²) in [7, 11) is 1.88. The first kappa shape index (κ1) is 18.1. The highest BCUT2D eigenvalue weighted by atomic mass is 35.5. The van der Waals surface area contributed by atoms with Crippen LogP contribution in [0.15, 0.2) is 34.9 Å². The molecule has 2 rings (SSSR count). The molecule has 0 bridgehead atoms. The van der Waals surface area contributed by atoms with E-state index in [-0.39, 0.29) is 30.9 Å². The number of carbonyl (C=O) groups is 1. The number of benzene rings is 1. The van der Waals surface area contributed by atoms with Crippen molar-refractivity contribution in [3.05, 3.63) is 47.6 Å². The minimum Gasteiger partial charge on any atom is -0.347 e. The first-order chi connectivity index (χ1) is 10.2. The number of halogens is 1. The third-order valence-corrected chi connectivity index (χ3v) is 3.14. The first-order valence-electron chi connectivity index (χ1n) is 6.96. The van der Waals surface area contributed by atoms with Crippen molar-refractivity contribution >= 4 is 18.3 Å². The van der Waals surface area contributed by atoms with Crippen LogP contribution in [-0.4, -0.2) is 29.1 Å². The molecule has 1 aromatic carbocycles. The third-order valence-electron chi connectivity index (χ3n) is 3.14. The summed E-state index contributed by atoms with van der Waals surface area (Å²) in [6.07, 6.45) is 1.04. The second kappa shape index (κ2) is 9.17. The quantitative estimate of drug-likeness (QED) is 0.807. The highest BCUT2D eigenvalue weighted by Crippen LogP contribution is 2.02. The lowest BCUT2D eigenvalue weighted by atomic mass is 10.1. The van der Waals surface area contributed by atoms with Crippen molar-refractivity contribution < 1.29 is 9.32 Å². The van der Waals surface area contributed by atoms with E-state index in [2.05, 4.69) is 20.8 Å². The third kappa shape index (κ3) is 5.83. The van der Waals surface area contributed by atoms with Crippen molar-refractivity contribution in [3.63, 3.8) is 0 Å². The zero-order chi connectivity index (χ0) is 15.1. The van der Waals surface area contributed by atoms with Crippen LogP contribution >= 0.6 is 12.4 Å². The van der Waals surface area contributed by atoms with E-state index in [4.69, 9.17) is 4.52 Å². The molecule has 0 aliphatic heterocycles. The predicted octanol–water partition coefficient (Wildman–Crippen LogP) is 1.50. The van der Waals surface area contributed by atoms with Gasteiger partial charge in [0.15, 0.2) is 5.82 Å². The molecule has 1 unspecified atom stereocenters. The summed E-state index contributed by atoms with van der Waals surface area (Å²) in [5.41, 5.74) is 0.976. The Balaban J connectivity index is 0.00000242. The van der Waals surface area contributed by atoms with Crippen molar-refractivity contribution in [1.29, 1.82) is 0 Å². The van der Waals surface area contributed by atoms with Gasteiger partial charge < -0.3 is 15.2 Å². The number of aromatic nitrogens is 2. The monoisotopic (exact) mass is 324 g/mol. The van der Waals surface area contributed by atoms with Gasteiger partial charge in [-0.05, 0) is 19.5 Å². The lowest BCUT2D eigenvalue weighted by molar-refractivity contribution is -0.120. The summed E-state index contributed by atoms with van der Waals surface area (Å²) in [4.78, 5) is 16.1. The lowest BCUT2D eigenvalue weighted by Crippen LogP contribution is -2.25. The summed E-state index contributed by atoms with van der Waals surface area (Å²) in [6, 6.07) is 9.87. The number of rotatable bonds is 7. The molecule has 0 aliphatic carbocycles. The van der Waals surface area contributed by atoms with Gasteiger partial charge in [0, 0.05) is 12.5 Å². The smallest absolute Gasteiger partial charge is 0.246 e. The van der Waals surface area contributed by atoms with Crippen LogP contribution in [0.5, 0.6) is 0 Å². The highest BCUT2D eigenvalue weighted by molar-refractivity contribution is 5.85. The van der Waals surface area contributed by atoms with Crippen LogP contribution in [0.4, 0.5) is 0 Å². The summed E-state index contributed by atoms with van der Waals surface area (Å²) >= 11 is 0. The van der Waals surface area contributed by atoms with E-state index in [0.29, 0.717) is 24.6 Å². The van der Waals surface area contributed by atoms with Crippen LogP contribution in [0.25, 0.3) is 0 Å². The lowest BCUT2D eigenvalue weighted by Gasteiger charge is -2.04. The fourth-order valence-electron chi connectivity index (χ4n) is 1.84.